The van der Waals surface area contributed by atoms with E-state index >= 15 is 4.39 Å². The van der Waals surface area contributed by atoms with Crippen molar-refractivity contribution in [2.45, 2.75) is 31.3 Å². The van der Waals surface area contributed by atoms with Crippen LogP contribution in [0.1, 0.15) is 18.4 Å². The minimum atomic E-state index is -2.93. The van der Waals surface area contributed by atoms with Gasteiger partial charge in [-0.05, 0) is 38.6 Å². The summed E-state index contributed by atoms with van der Waals surface area (Å²) in [4.78, 5) is 29.6. The smallest absolute Gasteiger partial charge is 0.463 e. The zero-order chi connectivity index (χ0) is 32.2. The van der Waals surface area contributed by atoms with Gasteiger partial charge in [0, 0.05) is 41.7 Å². The predicted molar refractivity (Wildman–Crippen MR) is 161 cm³/mol. The van der Waals surface area contributed by atoms with Crippen molar-refractivity contribution in [3.05, 3.63) is 34.9 Å². The first-order valence-electron chi connectivity index (χ1n) is 14.9. The minimum absolute atomic E-state index is 0.0292. The van der Waals surface area contributed by atoms with Crippen molar-refractivity contribution in [1.82, 2.24) is 30.0 Å². The average molecular weight is 662 g/mol. The van der Waals surface area contributed by atoms with E-state index in [0.717, 1.165) is 0 Å². The number of nitrogens with one attached hydrogen (secondary N) is 1. The van der Waals surface area contributed by atoms with Gasteiger partial charge in [0.25, 0.3) is 5.92 Å². The van der Waals surface area contributed by atoms with Gasteiger partial charge in [0.15, 0.2) is 5.82 Å². The Morgan fingerprint density at radius 3 is 2.83 bits per heavy atom. The molecule has 6 heterocycles. The molecule has 16 heteroatoms. The van der Waals surface area contributed by atoms with Gasteiger partial charge >= 0.3 is 12.2 Å². The molecule has 12 nitrogen and oxygen atoms in total. The van der Waals surface area contributed by atoms with E-state index in [9.17, 15) is 13.6 Å². The summed E-state index contributed by atoms with van der Waals surface area (Å²) in [6.07, 6.45) is 1.74. The number of anilines is 1. The Morgan fingerprint density at radius 2 is 2.04 bits per heavy atom. The number of ether oxygens (including phenoxy) is 4. The predicted octanol–water partition coefficient (Wildman–Crippen LogP) is 4.63. The fraction of sp³-hybridized carbons (Fsp3) is 0.500. The molecule has 0 amide bonds. The highest BCUT2D eigenvalue weighted by atomic mass is 35.5. The standard InChI is InChI=1S/C30H31ClF3N7O5/c1-40(2)14-29(13-30(29,33)34)15-45-27-37-24-19-9-35-25(23(24)32)22-17(20(31)8-21-18(22)10-36-39-21)4-3-6-44-28(42)46-16-11-41(26(19)38-27)5-7-43-12-16/h8-10,16H,3-7,11-15H2,1-2H3,(H,36,39)/t16-,29+/m0/s1. The van der Waals surface area contributed by atoms with Gasteiger partial charge in [-0.15, -0.1) is 0 Å². The van der Waals surface area contributed by atoms with E-state index in [1.54, 1.807) is 36.2 Å². The van der Waals surface area contributed by atoms with Gasteiger partial charge in [-0.1, -0.05) is 11.6 Å². The molecule has 4 aliphatic rings. The second-order valence-corrected chi connectivity index (χ2v) is 12.6. The van der Waals surface area contributed by atoms with Crippen LogP contribution in [0.25, 0.3) is 33.1 Å². The Bertz CT molecular complexity index is 1830. The molecule has 1 aliphatic carbocycles. The summed E-state index contributed by atoms with van der Waals surface area (Å²) in [6.45, 7) is 0.494. The summed E-state index contributed by atoms with van der Waals surface area (Å²) in [5.41, 5.74) is -0.0374. The van der Waals surface area contributed by atoms with Crippen LogP contribution in [0.2, 0.25) is 5.02 Å². The van der Waals surface area contributed by atoms with Crippen LogP contribution in [-0.2, 0) is 20.6 Å². The number of hydrogen-bond acceptors (Lipinski definition) is 11. The van der Waals surface area contributed by atoms with E-state index in [0.29, 0.717) is 46.4 Å². The number of pyridine rings is 1. The normalized spacial score (nSPS) is 23.0. The van der Waals surface area contributed by atoms with Crippen molar-refractivity contribution in [3.8, 4) is 17.3 Å². The Kier molecular flexibility index (Phi) is 7.80. The maximum absolute atomic E-state index is 16.9. The van der Waals surface area contributed by atoms with Crippen molar-refractivity contribution in [2.24, 2.45) is 5.41 Å². The molecule has 3 aliphatic heterocycles. The average Bonchev–Trinajstić information content (AvgIpc) is 3.35. The van der Waals surface area contributed by atoms with E-state index in [4.69, 9.17) is 30.5 Å². The van der Waals surface area contributed by atoms with Crippen LogP contribution in [0.3, 0.4) is 0 Å². The lowest BCUT2D eigenvalue weighted by Gasteiger charge is -2.26. The van der Waals surface area contributed by atoms with Gasteiger partial charge in [-0.25, -0.2) is 18.0 Å². The van der Waals surface area contributed by atoms with Crippen LogP contribution in [0.15, 0.2) is 18.5 Å². The topological polar surface area (TPSA) is 128 Å². The fourth-order valence-electron chi connectivity index (χ4n) is 6.30. The zero-order valence-electron chi connectivity index (χ0n) is 25.1. The largest absolute Gasteiger partial charge is 0.508 e. The molecular formula is C30H31ClF3N7O5. The van der Waals surface area contributed by atoms with Crippen LogP contribution >= 0.6 is 11.6 Å². The first-order chi connectivity index (χ1) is 22.0. The molecule has 4 aromatic rings. The Balaban J connectivity index is 1.41. The molecule has 0 unspecified atom stereocenters. The summed E-state index contributed by atoms with van der Waals surface area (Å²) in [6, 6.07) is 1.42. The Morgan fingerprint density at radius 1 is 1.22 bits per heavy atom. The van der Waals surface area contributed by atoms with E-state index in [2.05, 4.69) is 25.1 Å². The quantitative estimate of drug-likeness (QED) is 0.301. The van der Waals surface area contributed by atoms with E-state index in [1.807, 2.05) is 0 Å². The molecule has 46 heavy (non-hydrogen) atoms. The molecule has 6 bridgehead atoms. The fourth-order valence-corrected chi connectivity index (χ4v) is 6.60. The number of aromatic nitrogens is 5. The summed E-state index contributed by atoms with van der Waals surface area (Å²) in [7, 11) is 3.42. The second-order valence-electron chi connectivity index (χ2n) is 12.2. The van der Waals surface area contributed by atoms with Crippen molar-refractivity contribution < 1.29 is 36.9 Å². The third-order valence-corrected chi connectivity index (χ3v) is 8.91. The maximum Gasteiger partial charge on any atom is 0.508 e. The number of carbonyl (C=O) groups excluding carboxylic acids is 1. The van der Waals surface area contributed by atoms with Gasteiger partial charge in [0.2, 0.25) is 0 Å². The van der Waals surface area contributed by atoms with Crippen molar-refractivity contribution in [1.29, 1.82) is 0 Å². The van der Waals surface area contributed by atoms with Crippen LogP contribution < -0.4 is 9.64 Å². The summed E-state index contributed by atoms with van der Waals surface area (Å²) < 4.78 is 68.5. The number of benzene rings is 1. The SMILES string of the molecule is CN(C)C[C@@]1(COc2nc3c4cnc(c(F)c4n2)-c2c(c(Cl)cc4[nH]ncc24)CCCOC(=O)O[C@@H]2COCCN3C2)CC1(F)F. The number of fused-ring (bicyclic) bond motifs is 7. The number of carbonyl (C=O) groups is 1. The van der Waals surface area contributed by atoms with Gasteiger partial charge < -0.3 is 28.7 Å². The molecule has 8 rings (SSSR count). The number of alkyl halides is 2. The second kappa shape index (κ2) is 11.7. The molecule has 1 saturated heterocycles. The zero-order valence-corrected chi connectivity index (χ0v) is 25.9. The number of H-pyrrole nitrogens is 1. The highest BCUT2D eigenvalue weighted by Crippen LogP contribution is 2.60. The number of rotatable bonds is 5. The minimum Gasteiger partial charge on any atom is -0.463 e. The van der Waals surface area contributed by atoms with Gasteiger partial charge in [0.1, 0.15) is 29.7 Å². The lowest BCUT2D eigenvalue weighted by Crippen LogP contribution is -2.36. The highest BCUT2D eigenvalue weighted by molar-refractivity contribution is 6.33. The summed E-state index contributed by atoms with van der Waals surface area (Å²) in [5, 5.41) is 8.15. The van der Waals surface area contributed by atoms with Crippen LogP contribution in [0.4, 0.5) is 23.8 Å². The molecule has 3 aromatic heterocycles. The van der Waals surface area contributed by atoms with Crippen LogP contribution in [0.5, 0.6) is 6.01 Å². The maximum atomic E-state index is 16.9. The van der Waals surface area contributed by atoms with E-state index < -0.39 is 29.4 Å². The lowest BCUT2D eigenvalue weighted by molar-refractivity contribution is -0.00449. The summed E-state index contributed by atoms with van der Waals surface area (Å²) in [5.74, 6) is -3.47. The van der Waals surface area contributed by atoms with Gasteiger partial charge in [-0.3, -0.25) is 10.1 Å². The molecular weight excluding hydrogens is 631 g/mol. The van der Waals surface area contributed by atoms with Crippen molar-refractivity contribution >= 4 is 45.4 Å². The molecule has 1 N–H and O–H groups in total. The number of halogens is 4. The van der Waals surface area contributed by atoms with E-state index in [1.165, 1.54) is 6.20 Å². The molecule has 1 saturated carbocycles. The molecule has 1 aromatic carbocycles. The molecule has 0 spiro atoms. The Labute approximate surface area is 266 Å². The number of aromatic amines is 1. The molecule has 2 fully saturated rings. The van der Waals surface area contributed by atoms with Crippen LogP contribution in [-0.4, -0.2) is 108 Å². The summed E-state index contributed by atoms with van der Waals surface area (Å²) >= 11 is 6.71. The first-order valence-corrected chi connectivity index (χ1v) is 15.3. The number of nitrogens with zero attached hydrogens (tertiary/aromatic N) is 6. The third kappa shape index (κ3) is 5.53. The van der Waals surface area contributed by atoms with Crippen molar-refractivity contribution in [3.63, 3.8) is 0 Å². The van der Waals surface area contributed by atoms with Crippen molar-refractivity contribution in [2.75, 3.05) is 65.1 Å². The molecule has 0 radical (unpaired) electrons. The first kappa shape index (κ1) is 30.7. The highest BCUT2D eigenvalue weighted by Gasteiger charge is 2.71. The van der Waals surface area contributed by atoms with Crippen LogP contribution in [0, 0.1) is 11.2 Å². The molecule has 2 atom stereocenters. The van der Waals surface area contributed by atoms with Gasteiger partial charge in [0.05, 0.1) is 48.9 Å². The van der Waals surface area contributed by atoms with Gasteiger partial charge in [-0.2, -0.15) is 15.1 Å². The monoisotopic (exact) mass is 661 g/mol. The molecule has 244 valence electrons. The lowest BCUT2D eigenvalue weighted by atomic mass is 9.95. The Hall–Kier alpha value is -3.95. The number of hydrogen-bond donors (Lipinski definition) is 1. The van der Waals surface area contributed by atoms with E-state index in [-0.39, 0.29) is 74.4 Å². The third-order valence-electron chi connectivity index (χ3n) is 8.57.